The molecule has 5 heteroatoms. The summed E-state index contributed by atoms with van der Waals surface area (Å²) in [5.41, 5.74) is 1.85. The van der Waals surface area contributed by atoms with Crippen molar-refractivity contribution in [1.29, 1.82) is 0 Å². The number of nitrogens with zero attached hydrogens (tertiary/aromatic N) is 1. The lowest BCUT2D eigenvalue weighted by molar-refractivity contribution is 0.0548. The van der Waals surface area contributed by atoms with Gasteiger partial charge in [-0.15, -0.1) is 0 Å². The highest BCUT2D eigenvalue weighted by Gasteiger charge is 2.58. The summed E-state index contributed by atoms with van der Waals surface area (Å²) in [6, 6.07) is 18.3. The van der Waals surface area contributed by atoms with Crippen LogP contribution in [0.25, 0.3) is 6.08 Å². The quantitative estimate of drug-likeness (QED) is 0.464. The Morgan fingerprint density at radius 3 is 2.35 bits per heavy atom. The van der Waals surface area contributed by atoms with E-state index >= 15 is 0 Å². The van der Waals surface area contributed by atoms with E-state index in [1.165, 1.54) is 0 Å². The second kappa shape index (κ2) is 6.38. The Balaban J connectivity index is 1.63. The number of phenols is 2. The fourth-order valence-electron chi connectivity index (χ4n) is 4.80. The van der Waals surface area contributed by atoms with Crippen molar-refractivity contribution in [2.75, 3.05) is 11.9 Å². The first-order valence-corrected chi connectivity index (χ1v) is 10.2. The number of carbonyl (C=O) groups excluding carboxylic acids is 1. The molecule has 2 heterocycles. The molecule has 156 valence electrons. The first-order chi connectivity index (χ1) is 14.8. The van der Waals surface area contributed by atoms with E-state index in [9.17, 15) is 15.0 Å². The van der Waals surface area contributed by atoms with Crippen molar-refractivity contribution in [2.45, 2.75) is 25.0 Å². The number of benzene rings is 3. The van der Waals surface area contributed by atoms with Gasteiger partial charge in [0.05, 0.1) is 11.0 Å². The van der Waals surface area contributed by atoms with Gasteiger partial charge in [-0.25, -0.2) is 0 Å². The van der Waals surface area contributed by atoms with E-state index in [1.807, 2.05) is 48.4 Å². The average molecular weight is 413 g/mol. The van der Waals surface area contributed by atoms with Crippen LogP contribution in [-0.4, -0.2) is 28.8 Å². The van der Waals surface area contributed by atoms with Crippen LogP contribution in [0, 0.1) is 0 Å². The van der Waals surface area contributed by atoms with Gasteiger partial charge in [0, 0.05) is 23.9 Å². The first-order valence-electron chi connectivity index (χ1n) is 10.2. The lowest BCUT2D eigenvalue weighted by Gasteiger charge is -2.45. The van der Waals surface area contributed by atoms with Crippen molar-refractivity contribution >= 4 is 17.5 Å². The second-order valence-electron chi connectivity index (χ2n) is 8.57. The number of para-hydroxylation sites is 1. The third-order valence-electron chi connectivity index (χ3n) is 6.62. The maximum atomic E-state index is 12.9. The van der Waals surface area contributed by atoms with Gasteiger partial charge in [0.15, 0.2) is 17.3 Å². The van der Waals surface area contributed by atoms with Gasteiger partial charge in [-0.05, 0) is 43.7 Å². The fraction of sp³-hybridized carbons (Fsp3) is 0.192. The molecular weight excluding hydrogens is 390 g/mol. The number of ether oxygens (including phenoxy) is 1. The molecule has 3 aromatic carbocycles. The predicted molar refractivity (Wildman–Crippen MR) is 120 cm³/mol. The van der Waals surface area contributed by atoms with Gasteiger partial charge in [-0.1, -0.05) is 48.5 Å². The van der Waals surface area contributed by atoms with Crippen molar-refractivity contribution in [3.05, 3.63) is 89.0 Å². The van der Waals surface area contributed by atoms with Gasteiger partial charge in [0.2, 0.25) is 11.5 Å². The third-order valence-corrected chi connectivity index (χ3v) is 6.62. The predicted octanol–water partition coefficient (Wildman–Crippen LogP) is 4.86. The molecule has 0 bridgehead atoms. The fourth-order valence-corrected chi connectivity index (χ4v) is 4.80. The standard InChI is InChI=1S/C26H23NO4/c1-25(2)19-11-7-8-12-20(19)27(3)26(25)14-13-17-15-18(22(29)23(30)24(17)31-26)21(28)16-9-5-4-6-10-16/h4-15,29-30H,1-3H3. The Bertz CT molecular complexity index is 1250. The van der Waals surface area contributed by atoms with Gasteiger partial charge < -0.3 is 19.8 Å². The summed E-state index contributed by atoms with van der Waals surface area (Å²) in [5.74, 6) is -1.11. The van der Waals surface area contributed by atoms with Crippen molar-refractivity contribution in [3.8, 4) is 17.2 Å². The summed E-state index contributed by atoms with van der Waals surface area (Å²) < 4.78 is 6.46. The Hall–Kier alpha value is -3.73. The molecule has 1 atom stereocenters. The zero-order valence-electron chi connectivity index (χ0n) is 17.6. The molecule has 5 rings (SSSR count). The number of ketones is 1. The summed E-state index contributed by atoms with van der Waals surface area (Å²) in [7, 11) is 1.95. The largest absolute Gasteiger partial charge is 0.504 e. The molecule has 1 spiro atoms. The summed E-state index contributed by atoms with van der Waals surface area (Å²) in [5, 5.41) is 21.6. The van der Waals surface area contributed by atoms with Crippen LogP contribution < -0.4 is 9.64 Å². The molecule has 0 saturated heterocycles. The van der Waals surface area contributed by atoms with Crippen LogP contribution in [0.4, 0.5) is 5.69 Å². The highest BCUT2D eigenvalue weighted by atomic mass is 16.5. The number of rotatable bonds is 2. The molecule has 2 N–H and O–H groups in total. The van der Waals surface area contributed by atoms with E-state index in [0.29, 0.717) is 11.1 Å². The molecule has 0 aliphatic carbocycles. The van der Waals surface area contributed by atoms with Crippen molar-refractivity contribution in [2.24, 2.45) is 0 Å². The van der Waals surface area contributed by atoms with E-state index in [4.69, 9.17) is 4.74 Å². The molecule has 1 unspecified atom stereocenters. The SMILES string of the molecule is CN1c2ccccc2C(C)(C)C12C=Cc1cc(C(=O)c3ccccc3)c(O)c(O)c1O2. The van der Waals surface area contributed by atoms with Crippen LogP contribution in [0.2, 0.25) is 0 Å². The van der Waals surface area contributed by atoms with Crippen molar-refractivity contribution in [3.63, 3.8) is 0 Å². The Morgan fingerprint density at radius 2 is 1.65 bits per heavy atom. The highest BCUT2D eigenvalue weighted by Crippen LogP contribution is 2.56. The lowest BCUT2D eigenvalue weighted by atomic mass is 9.76. The Morgan fingerprint density at radius 1 is 0.968 bits per heavy atom. The molecule has 0 radical (unpaired) electrons. The maximum Gasteiger partial charge on any atom is 0.212 e. The topological polar surface area (TPSA) is 70.0 Å². The van der Waals surface area contributed by atoms with Crippen LogP contribution in [0.1, 0.15) is 40.9 Å². The summed E-state index contributed by atoms with van der Waals surface area (Å²) in [6.07, 6.45) is 3.81. The molecule has 31 heavy (non-hydrogen) atoms. The second-order valence-corrected chi connectivity index (χ2v) is 8.57. The number of hydrogen-bond donors (Lipinski definition) is 2. The number of anilines is 1. The average Bonchev–Trinajstić information content (AvgIpc) is 2.95. The Labute approximate surface area is 180 Å². The van der Waals surface area contributed by atoms with Crippen LogP contribution >= 0.6 is 0 Å². The molecule has 0 saturated carbocycles. The number of fused-ring (bicyclic) bond motifs is 2. The normalized spacial score (nSPS) is 20.3. The molecule has 2 aliphatic heterocycles. The number of carbonyl (C=O) groups is 1. The monoisotopic (exact) mass is 413 g/mol. The van der Waals surface area contributed by atoms with Gasteiger partial charge in [0.25, 0.3) is 0 Å². The van der Waals surface area contributed by atoms with Crippen LogP contribution in [0.5, 0.6) is 17.2 Å². The lowest BCUT2D eigenvalue weighted by Crippen LogP contribution is -2.58. The highest BCUT2D eigenvalue weighted by molar-refractivity contribution is 6.11. The van der Waals surface area contributed by atoms with Gasteiger partial charge in [0.1, 0.15) is 0 Å². The first kappa shape index (κ1) is 19.2. The molecule has 2 aliphatic rings. The van der Waals surface area contributed by atoms with E-state index < -0.39 is 22.6 Å². The molecule has 3 aromatic rings. The summed E-state index contributed by atoms with van der Waals surface area (Å²) in [4.78, 5) is 15.0. The van der Waals surface area contributed by atoms with Gasteiger partial charge in [-0.3, -0.25) is 4.79 Å². The van der Waals surface area contributed by atoms with Crippen LogP contribution in [0.15, 0.2) is 66.7 Å². The van der Waals surface area contributed by atoms with E-state index in [0.717, 1.165) is 11.3 Å². The van der Waals surface area contributed by atoms with Crippen molar-refractivity contribution < 1.29 is 19.7 Å². The number of phenolic OH excluding ortho intramolecular Hbond substituents is 2. The van der Waals surface area contributed by atoms with Crippen LogP contribution in [-0.2, 0) is 5.41 Å². The molecule has 0 fully saturated rings. The number of likely N-dealkylation sites (N-methyl/N-ethyl adjacent to an activating group) is 1. The molecule has 5 nitrogen and oxygen atoms in total. The van der Waals surface area contributed by atoms with Gasteiger partial charge >= 0.3 is 0 Å². The number of aromatic hydroxyl groups is 2. The van der Waals surface area contributed by atoms with Crippen molar-refractivity contribution in [1.82, 2.24) is 0 Å². The smallest absolute Gasteiger partial charge is 0.212 e. The summed E-state index contributed by atoms with van der Waals surface area (Å²) >= 11 is 0. The summed E-state index contributed by atoms with van der Waals surface area (Å²) in [6.45, 7) is 4.18. The van der Waals surface area contributed by atoms with Crippen LogP contribution in [0.3, 0.4) is 0 Å². The molecule has 0 amide bonds. The maximum absolute atomic E-state index is 12.9. The van der Waals surface area contributed by atoms with E-state index in [1.54, 1.807) is 30.3 Å². The zero-order chi connectivity index (χ0) is 22.0. The minimum atomic E-state index is -0.890. The van der Waals surface area contributed by atoms with E-state index in [2.05, 4.69) is 19.9 Å². The minimum Gasteiger partial charge on any atom is -0.504 e. The zero-order valence-corrected chi connectivity index (χ0v) is 17.6. The Kier molecular flexibility index (Phi) is 3.96. The molecular formula is C26H23NO4. The number of hydrogen-bond acceptors (Lipinski definition) is 5. The minimum absolute atomic E-state index is 0.0361. The van der Waals surface area contributed by atoms with Gasteiger partial charge in [-0.2, -0.15) is 0 Å². The van der Waals surface area contributed by atoms with E-state index in [-0.39, 0.29) is 17.1 Å². The third kappa shape index (κ3) is 2.46. The molecule has 0 aromatic heterocycles.